The first kappa shape index (κ1) is 27.6. The first-order valence-corrected chi connectivity index (χ1v) is 13.1. The summed E-state index contributed by atoms with van der Waals surface area (Å²) in [5.74, 6) is 0.235. The van der Waals surface area contributed by atoms with Gasteiger partial charge in [0, 0.05) is 17.8 Å². The van der Waals surface area contributed by atoms with E-state index in [1.807, 2.05) is 27.7 Å². The Morgan fingerprint density at radius 2 is 1.33 bits per heavy atom. The molecule has 1 atom stereocenters. The van der Waals surface area contributed by atoms with Gasteiger partial charge in [-0.1, -0.05) is 18.2 Å². The summed E-state index contributed by atoms with van der Waals surface area (Å²) in [7, 11) is 0. The third kappa shape index (κ3) is 5.70. The van der Waals surface area contributed by atoms with E-state index in [1.165, 1.54) is 4.90 Å². The average Bonchev–Trinajstić information content (AvgIpc) is 3.20. The van der Waals surface area contributed by atoms with E-state index in [0.29, 0.717) is 60.7 Å². The average molecular weight is 532 g/mol. The fourth-order valence-electron chi connectivity index (χ4n) is 4.59. The summed E-state index contributed by atoms with van der Waals surface area (Å²) in [5, 5.41) is 11.6. The summed E-state index contributed by atoms with van der Waals surface area (Å²) in [6, 6.07) is 18.2. The van der Waals surface area contributed by atoms with E-state index in [9.17, 15) is 14.7 Å². The van der Waals surface area contributed by atoms with E-state index >= 15 is 0 Å². The lowest BCUT2D eigenvalue weighted by Gasteiger charge is -2.26. The molecule has 0 radical (unpaired) electrons. The number of aliphatic hydroxyl groups excluding tert-OH is 1. The Morgan fingerprint density at radius 1 is 0.744 bits per heavy atom. The second-order valence-electron chi connectivity index (χ2n) is 8.63. The highest BCUT2D eigenvalue weighted by atomic mass is 16.5. The van der Waals surface area contributed by atoms with Crippen LogP contribution in [0.4, 0.5) is 5.69 Å². The van der Waals surface area contributed by atoms with Crippen LogP contribution in [0.25, 0.3) is 5.76 Å². The van der Waals surface area contributed by atoms with Crippen LogP contribution in [0.15, 0.2) is 72.3 Å². The zero-order chi connectivity index (χ0) is 27.9. The number of benzene rings is 3. The smallest absolute Gasteiger partial charge is 0.300 e. The number of aliphatic hydroxyl groups is 1. The number of carbonyl (C=O) groups excluding carboxylic acids is 2. The first-order valence-electron chi connectivity index (χ1n) is 13.1. The van der Waals surface area contributed by atoms with Crippen LogP contribution in [-0.2, 0) is 9.59 Å². The van der Waals surface area contributed by atoms with Crippen LogP contribution in [0.2, 0.25) is 0 Å². The molecule has 1 N–H and O–H groups in total. The van der Waals surface area contributed by atoms with E-state index in [-0.39, 0.29) is 16.9 Å². The molecule has 4 rings (SSSR count). The quantitative estimate of drug-likeness (QED) is 0.187. The van der Waals surface area contributed by atoms with Crippen molar-refractivity contribution in [3.8, 4) is 23.0 Å². The molecule has 0 saturated carbocycles. The van der Waals surface area contributed by atoms with Gasteiger partial charge in [0.05, 0.1) is 43.6 Å². The van der Waals surface area contributed by atoms with Gasteiger partial charge in [-0.05, 0) is 69.7 Å². The lowest BCUT2D eigenvalue weighted by Crippen LogP contribution is -2.29. The highest BCUT2D eigenvalue weighted by Crippen LogP contribution is 2.44. The number of ether oxygens (including phenoxy) is 4. The molecule has 1 saturated heterocycles. The molecule has 1 amide bonds. The maximum atomic E-state index is 13.6. The van der Waals surface area contributed by atoms with E-state index < -0.39 is 17.7 Å². The van der Waals surface area contributed by atoms with Gasteiger partial charge in [0.2, 0.25) is 0 Å². The van der Waals surface area contributed by atoms with Crippen molar-refractivity contribution in [2.45, 2.75) is 33.7 Å². The minimum atomic E-state index is -0.904. The van der Waals surface area contributed by atoms with Crippen molar-refractivity contribution in [1.82, 2.24) is 0 Å². The summed E-state index contributed by atoms with van der Waals surface area (Å²) >= 11 is 0. The molecule has 1 heterocycles. The highest BCUT2D eigenvalue weighted by molar-refractivity contribution is 6.51. The topological polar surface area (TPSA) is 94.5 Å². The molecule has 204 valence electrons. The number of rotatable bonds is 11. The van der Waals surface area contributed by atoms with Gasteiger partial charge in [0.25, 0.3) is 11.7 Å². The molecule has 1 fully saturated rings. The Labute approximate surface area is 228 Å². The molecule has 8 heteroatoms. The van der Waals surface area contributed by atoms with Crippen molar-refractivity contribution >= 4 is 23.1 Å². The Kier molecular flexibility index (Phi) is 8.76. The molecule has 0 bridgehead atoms. The molecule has 0 spiro atoms. The number of amides is 1. The number of hydrogen-bond acceptors (Lipinski definition) is 7. The molecule has 0 aliphatic carbocycles. The third-order valence-corrected chi connectivity index (χ3v) is 6.18. The molecular weight excluding hydrogens is 498 g/mol. The molecule has 39 heavy (non-hydrogen) atoms. The largest absolute Gasteiger partial charge is 0.507 e. The molecule has 8 nitrogen and oxygen atoms in total. The number of Topliss-reactive ketones (excluding diaryl/α,β-unsaturated/α-hetero) is 1. The van der Waals surface area contributed by atoms with Gasteiger partial charge >= 0.3 is 0 Å². The lowest BCUT2D eigenvalue weighted by atomic mass is 9.94. The molecule has 1 aliphatic rings. The molecule has 1 unspecified atom stereocenters. The zero-order valence-electron chi connectivity index (χ0n) is 22.6. The Hall–Kier alpha value is -4.46. The van der Waals surface area contributed by atoms with Crippen LogP contribution in [0.1, 0.15) is 44.9 Å². The van der Waals surface area contributed by atoms with Crippen molar-refractivity contribution in [3.05, 3.63) is 83.4 Å². The Balaban J connectivity index is 1.91. The summed E-state index contributed by atoms with van der Waals surface area (Å²) in [6.45, 7) is 9.18. The number of hydrogen-bond donors (Lipinski definition) is 1. The number of ketones is 1. The second kappa shape index (κ2) is 12.4. The standard InChI is InChI=1S/C31H33NO7/c1-5-36-22-14-12-20(13-15-22)28-27(29(33)25-17-16-24(38-7-3)19-26(25)39-8-4)30(34)31(35)32(28)21-10-9-11-23(18-21)37-6-2/h9-19,28,33H,5-8H2,1-4H3/b29-27-. The van der Waals surface area contributed by atoms with E-state index in [0.717, 1.165) is 0 Å². The molecular formula is C31H33NO7. The molecule has 1 aliphatic heterocycles. The van der Waals surface area contributed by atoms with Crippen molar-refractivity contribution in [1.29, 1.82) is 0 Å². The van der Waals surface area contributed by atoms with Gasteiger partial charge in [0.1, 0.15) is 28.8 Å². The maximum Gasteiger partial charge on any atom is 0.300 e. The van der Waals surface area contributed by atoms with Crippen LogP contribution in [0.5, 0.6) is 23.0 Å². The van der Waals surface area contributed by atoms with Crippen LogP contribution in [-0.4, -0.2) is 43.2 Å². The summed E-state index contributed by atoms with van der Waals surface area (Å²) in [6.07, 6.45) is 0. The molecule has 0 aromatic heterocycles. The van der Waals surface area contributed by atoms with Crippen LogP contribution >= 0.6 is 0 Å². The van der Waals surface area contributed by atoms with Gasteiger partial charge in [-0.2, -0.15) is 0 Å². The Morgan fingerprint density at radius 3 is 1.97 bits per heavy atom. The lowest BCUT2D eigenvalue weighted by molar-refractivity contribution is -0.132. The normalized spacial score (nSPS) is 16.3. The second-order valence-corrected chi connectivity index (χ2v) is 8.63. The van der Waals surface area contributed by atoms with Gasteiger partial charge in [-0.25, -0.2) is 0 Å². The molecule has 3 aromatic carbocycles. The number of nitrogens with zero attached hydrogens (tertiary/aromatic N) is 1. The minimum Gasteiger partial charge on any atom is -0.507 e. The fourth-order valence-corrected chi connectivity index (χ4v) is 4.59. The zero-order valence-corrected chi connectivity index (χ0v) is 22.6. The number of anilines is 1. The summed E-state index contributed by atoms with van der Waals surface area (Å²) < 4.78 is 22.6. The van der Waals surface area contributed by atoms with Crippen molar-refractivity contribution in [2.24, 2.45) is 0 Å². The van der Waals surface area contributed by atoms with E-state index in [1.54, 1.807) is 66.7 Å². The van der Waals surface area contributed by atoms with Gasteiger partial charge in [-0.15, -0.1) is 0 Å². The van der Waals surface area contributed by atoms with Crippen LogP contribution < -0.4 is 23.8 Å². The van der Waals surface area contributed by atoms with Crippen LogP contribution in [0.3, 0.4) is 0 Å². The van der Waals surface area contributed by atoms with Crippen molar-refractivity contribution < 1.29 is 33.6 Å². The third-order valence-electron chi connectivity index (χ3n) is 6.18. The van der Waals surface area contributed by atoms with Gasteiger partial charge < -0.3 is 24.1 Å². The monoisotopic (exact) mass is 531 g/mol. The van der Waals surface area contributed by atoms with E-state index in [4.69, 9.17) is 18.9 Å². The maximum absolute atomic E-state index is 13.6. The summed E-state index contributed by atoms with van der Waals surface area (Å²) in [5.41, 5.74) is 1.34. The summed E-state index contributed by atoms with van der Waals surface area (Å²) in [4.78, 5) is 28.5. The highest BCUT2D eigenvalue weighted by Gasteiger charge is 2.47. The van der Waals surface area contributed by atoms with Crippen LogP contribution in [0, 0.1) is 0 Å². The van der Waals surface area contributed by atoms with Gasteiger partial charge in [-0.3, -0.25) is 14.5 Å². The van der Waals surface area contributed by atoms with E-state index in [2.05, 4.69) is 0 Å². The van der Waals surface area contributed by atoms with Crippen molar-refractivity contribution in [3.63, 3.8) is 0 Å². The minimum absolute atomic E-state index is 0.0453. The SMILES string of the molecule is CCOc1ccc(C2/C(=C(/O)c3ccc(OCC)cc3OCC)C(=O)C(=O)N2c2cccc(OCC)c2)cc1. The van der Waals surface area contributed by atoms with Gasteiger partial charge in [0.15, 0.2) is 0 Å². The van der Waals surface area contributed by atoms with Crippen molar-refractivity contribution in [2.75, 3.05) is 31.3 Å². The molecule has 3 aromatic rings. The predicted octanol–water partition coefficient (Wildman–Crippen LogP) is 5.91. The predicted molar refractivity (Wildman–Crippen MR) is 149 cm³/mol. The Bertz CT molecular complexity index is 1360. The first-order chi connectivity index (χ1) is 18.9. The number of carbonyl (C=O) groups is 2. The fraction of sp³-hybridized carbons (Fsp3) is 0.290.